The van der Waals surface area contributed by atoms with Crippen LogP contribution in [-0.2, 0) is 4.74 Å². The molecular weight excluding hydrogens is 390 g/mol. The van der Waals surface area contributed by atoms with Gasteiger partial charge in [0.05, 0.1) is 36.6 Å². The van der Waals surface area contributed by atoms with Crippen molar-refractivity contribution in [3.05, 3.63) is 30.4 Å². The summed E-state index contributed by atoms with van der Waals surface area (Å²) in [5, 5.41) is 8.66. The number of aromatic nitrogens is 5. The van der Waals surface area contributed by atoms with E-state index in [2.05, 4.69) is 15.1 Å². The van der Waals surface area contributed by atoms with Crippen LogP contribution in [0.1, 0.15) is 56.7 Å². The number of hydrogen-bond acceptors (Lipinski definition) is 5. The van der Waals surface area contributed by atoms with Crippen LogP contribution >= 0.6 is 0 Å². The molecule has 7 nitrogen and oxygen atoms in total. The Morgan fingerprint density at radius 2 is 1.97 bits per heavy atom. The molecule has 0 aromatic carbocycles. The second-order valence-electron chi connectivity index (χ2n) is 8.61. The van der Waals surface area contributed by atoms with E-state index < -0.39 is 6.43 Å². The summed E-state index contributed by atoms with van der Waals surface area (Å²) >= 11 is 0. The zero-order valence-corrected chi connectivity index (χ0v) is 16.6. The maximum atomic E-state index is 13.9. The first-order valence-corrected chi connectivity index (χ1v) is 10.8. The van der Waals surface area contributed by atoms with E-state index in [1.807, 2.05) is 12.3 Å². The van der Waals surface area contributed by atoms with Gasteiger partial charge in [-0.1, -0.05) is 19.3 Å². The highest BCUT2D eigenvalue weighted by atomic mass is 19.3. The van der Waals surface area contributed by atoms with Gasteiger partial charge in [-0.25, -0.2) is 18.3 Å². The number of fused-ring (bicyclic) bond motifs is 3. The molecule has 1 aliphatic carbocycles. The van der Waals surface area contributed by atoms with Crippen molar-refractivity contribution in [3.8, 4) is 11.1 Å². The van der Waals surface area contributed by atoms with Gasteiger partial charge in [0.2, 0.25) is 0 Å². The smallest absolute Gasteiger partial charge is 0.282 e. The van der Waals surface area contributed by atoms with Crippen molar-refractivity contribution in [2.24, 2.45) is 0 Å². The van der Waals surface area contributed by atoms with Gasteiger partial charge in [-0.2, -0.15) is 10.2 Å². The largest absolute Gasteiger partial charge is 0.374 e. The number of nitrogens with zero attached hydrogens (tertiary/aromatic N) is 6. The molecule has 158 valence electrons. The molecule has 6 rings (SSSR count). The molecular formula is C21H24F2N6O. The average molecular weight is 414 g/mol. The highest BCUT2D eigenvalue weighted by Gasteiger charge is 2.39. The van der Waals surface area contributed by atoms with Gasteiger partial charge >= 0.3 is 0 Å². The van der Waals surface area contributed by atoms with Gasteiger partial charge < -0.3 is 9.64 Å². The number of alkyl halides is 2. The van der Waals surface area contributed by atoms with Gasteiger partial charge in [0.1, 0.15) is 11.5 Å². The summed E-state index contributed by atoms with van der Waals surface area (Å²) in [4.78, 5) is 7.08. The third kappa shape index (κ3) is 2.90. The number of rotatable bonds is 4. The molecule has 5 heterocycles. The maximum Gasteiger partial charge on any atom is 0.282 e. The van der Waals surface area contributed by atoms with Crippen LogP contribution in [0, 0.1) is 0 Å². The lowest BCUT2D eigenvalue weighted by Crippen LogP contribution is -2.37. The molecule has 30 heavy (non-hydrogen) atoms. The summed E-state index contributed by atoms with van der Waals surface area (Å²) in [6, 6.07) is 2.46. The minimum absolute atomic E-state index is 0.184. The number of anilines is 1. The van der Waals surface area contributed by atoms with Gasteiger partial charge in [0.25, 0.3) is 6.43 Å². The van der Waals surface area contributed by atoms with E-state index in [1.54, 1.807) is 21.6 Å². The van der Waals surface area contributed by atoms with Crippen molar-refractivity contribution in [1.29, 1.82) is 0 Å². The molecule has 3 aromatic rings. The monoisotopic (exact) mass is 414 g/mol. The lowest BCUT2D eigenvalue weighted by atomic mass is 9.96. The Morgan fingerprint density at radius 3 is 2.70 bits per heavy atom. The van der Waals surface area contributed by atoms with E-state index in [0.717, 1.165) is 44.5 Å². The fourth-order valence-corrected chi connectivity index (χ4v) is 5.20. The summed E-state index contributed by atoms with van der Waals surface area (Å²) < 4.78 is 36.9. The number of morpholine rings is 1. The maximum absolute atomic E-state index is 13.9. The Kier molecular flexibility index (Phi) is 4.26. The van der Waals surface area contributed by atoms with Crippen LogP contribution in [0.2, 0.25) is 0 Å². The first kappa shape index (κ1) is 18.2. The Labute approximate surface area is 172 Å². The molecule has 2 atom stereocenters. The zero-order chi connectivity index (χ0) is 20.2. The van der Waals surface area contributed by atoms with E-state index in [-0.39, 0.29) is 17.8 Å². The highest BCUT2D eigenvalue weighted by molar-refractivity contribution is 5.79. The van der Waals surface area contributed by atoms with Gasteiger partial charge in [-0.05, 0) is 25.3 Å². The van der Waals surface area contributed by atoms with E-state index in [9.17, 15) is 8.78 Å². The standard InChI is InChI=1S/C21H24F2N6O/c22-20(23)19-17(11-29(26-19)13-4-2-1-3-5-13)16-9-24-28-7-6-18(25-21(16)28)27-10-15-8-14(27)12-30-15/h6-7,9,11,13-15,20H,1-5,8,10,12H2. The quantitative estimate of drug-likeness (QED) is 0.646. The molecule has 2 unspecified atom stereocenters. The van der Waals surface area contributed by atoms with Gasteiger partial charge in [-0.15, -0.1) is 0 Å². The third-order valence-corrected chi connectivity index (χ3v) is 6.76. The highest BCUT2D eigenvalue weighted by Crippen LogP contribution is 2.37. The van der Waals surface area contributed by atoms with E-state index in [1.165, 1.54) is 6.42 Å². The Morgan fingerprint density at radius 1 is 1.10 bits per heavy atom. The molecule has 0 radical (unpaired) electrons. The van der Waals surface area contributed by atoms with Crippen molar-refractivity contribution in [2.45, 2.75) is 63.1 Å². The van der Waals surface area contributed by atoms with E-state index in [4.69, 9.17) is 9.72 Å². The molecule has 3 aliphatic rings. The summed E-state index contributed by atoms with van der Waals surface area (Å²) in [5.41, 5.74) is 1.44. The molecule has 3 fully saturated rings. The first-order chi connectivity index (χ1) is 14.7. The van der Waals surface area contributed by atoms with Crippen LogP contribution in [0.25, 0.3) is 16.8 Å². The van der Waals surface area contributed by atoms with Gasteiger partial charge in [0.15, 0.2) is 5.65 Å². The van der Waals surface area contributed by atoms with Gasteiger partial charge in [-0.3, -0.25) is 4.68 Å². The normalized spacial score (nSPS) is 24.6. The van der Waals surface area contributed by atoms with Crippen LogP contribution < -0.4 is 4.90 Å². The summed E-state index contributed by atoms with van der Waals surface area (Å²) in [6.07, 6.45) is 9.29. The summed E-state index contributed by atoms with van der Waals surface area (Å²) in [5.74, 6) is 0.846. The molecule has 9 heteroatoms. The SMILES string of the molecule is FC(F)c1nn(C2CCCCC2)cc1-c1cnn2ccc(N3CC4CC3CO4)nc12. The number of halogens is 2. The Hall–Kier alpha value is -2.55. The predicted octanol–water partition coefficient (Wildman–Crippen LogP) is 4.01. The van der Waals surface area contributed by atoms with Crippen LogP contribution in [0.15, 0.2) is 24.7 Å². The molecule has 2 saturated heterocycles. The minimum Gasteiger partial charge on any atom is -0.374 e. The molecule has 3 aromatic heterocycles. The lowest BCUT2D eigenvalue weighted by molar-refractivity contribution is 0.0989. The van der Waals surface area contributed by atoms with Crippen molar-refractivity contribution in [2.75, 3.05) is 18.1 Å². The van der Waals surface area contributed by atoms with Crippen molar-refractivity contribution < 1.29 is 13.5 Å². The van der Waals surface area contributed by atoms with Crippen LogP contribution in [-0.4, -0.2) is 49.7 Å². The Bertz CT molecular complexity index is 1070. The average Bonchev–Trinajstić information content (AvgIpc) is 3.56. The van der Waals surface area contributed by atoms with Crippen LogP contribution in [0.5, 0.6) is 0 Å². The van der Waals surface area contributed by atoms with Gasteiger partial charge in [0, 0.05) is 24.5 Å². The molecule has 1 saturated carbocycles. The fourth-order valence-electron chi connectivity index (χ4n) is 5.20. The first-order valence-electron chi connectivity index (χ1n) is 10.8. The summed E-state index contributed by atoms with van der Waals surface area (Å²) in [6.45, 7) is 1.53. The molecule has 0 amide bonds. The topological polar surface area (TPSA) is 60.5 Å². The Balaban J connectivity index is 1.41. The second-order valence-corrected chi connectivity index (χ2v) is 8.61. The second kappa shape index (κ2) is 7.01. The zero-order valence-electron chi connectivity index (χ0n) is 16.6. The van der Waals surface area contributed by atoms with E-state index in [0.29, 0.717) is 29.4 Å². The van der Waals surface area contributed by atoms with Crippen molar-refractivity contribution in [1.82, 2.24) is 24.4 Å². The lowest BCUT2D eigenvalue weighted by Gasteiger charge is -2.27. The van der Waals surface area contributed by atoms with Crippen molar-refractivity contribution in [3.63, 3.8) is 0 Å². The number of hydrogen-bond donors (Lipinski definition) is 0. The third-order valence-electron chi connectivity index (χ3n) is 6.76. The molecule has 2 aliphatic heterocycles. The molecule has 0 N–H and O–H groups in total. The minimum atomic E-state index is -2.64. The van der Waals surface area contributed by atoms with E-state index >= 15 is 0 Å². The molecule has 2 bridgehead atoms. The van der Waals surface area contributed by atoms with Crippen LogP contribution in [0.4, 0.5) is 14.6 Å². The van der Waals surface area contributed by atoms with Crippen molar-refractivity contribution >= 4 is 11.5 Å². The molecule has 0 spiro atoms. The fraction of sp³-hybridized carbons (Fsp3) is 0.571. The summed E-state index contributed by atoms with van der Waals surface area (Å²) in [7, 11) is 0. The number of ether oxygens (including phenoxy) is 1. The van der Waals surface area contributed by atoms with Crippen LogP contribution in [0.3, 0.4) is 0 Å². The predicted molar refractivity (Wildman–Crippen MR) is 107 cm³/mol.